The van der Waals surface area contributed by atoms with Gasteiger partial charge in [0.05, 0.1) is 16.0 Å². The Hall–Kier alpha value is -1.55. The number of hydrogen-bond donors (Lipinski definition) is 1. The average molecular weight is 310 g/mol. The van der Waals surface area contributed by atoms with E-state index in [1.54, 1.807) is 43.0 Å². The van der Waals surface area contributed by atoms with Crippen molar-refractivity contribution in [1.29, 1.82) is 0 Å². The zero-order valence-corrected chi connectivity index (χ0v) is 13.1. The number of aliphatic carboxylic acids is 1. The van der Waals surface area contributed by atoms with E-state index < -0.39 is 11.4 Å². The van der Waals surface area contributed by atoms with Crippen LogP contribution in [-0.4, -0.2) is 35.0 Å². The molecule has 21 heavy (non-hydrogen) atoms. The predicted molar refractivity (Wildman–Crippen MR) is 81.5 cm³/mol. The topological polar surface area (TPSA) is 57.6 Å². The van der Waals surface area contributed by atoms with Crippen LogP contribution in [0.3, 0.4) is 0 Å². The first-order valence-electron chi connectivity index (χ1n) is 7.11. The van der Waals surface area contributed by atoms with Crippen LogP contribution in [0.2, 0.25) is 5.02 Å². The molecule has 5 heteroatoms. The maximum absolute atomic E-state index is 12.6. The lowest BCUT2D eigenvalue weighted by Gasteiger charge is -2.39. The van der Waals surface area contributed by atoms with Crippen molar-refractivity contribution in [1.82, 2.24) is 4.90 Å². The Balaban J connectivity index is 2.17. The summed E-state index contributed by atoms with van der Waals surface area (Å²) in [7, 11) is 0. The molecule has 2 rings (SSSR count). The predicted octanol–water partition coefficient (Wildman–Crippen LogP) is 3.30. The van der Waals surface area contributed by atoms with Crippen molar-refractivity contribution in [2.75, 3.05) is 13.1 Å². The van der Waals surface area contributed by atoms with Crippen LogP contribution in [0, 0.1) is 11.3 Å². The van der Waals surface area contributed by atoms with Crippen LogP contribution in [0.15, 0.2) is 24.3 Å². The van der Waals surface area contributed by atoms with Crippen LogP contribution in [0.4, 0.5) is 0 Å². The summed E-state index contributed by atoms with van der Waals surface area (Å²) >= 11 is 6.07. The molecule has 1 aliphatic rings. The van der Waals surface area contributed by atoms with Crippen molar-refractivity contribution >= 4 is 23.5 Å². The van der Waals surface area contributed by atoms with Gasteiger partial charge in [0, 0.05) is 13.1 Å². The molecule has 1 N–H and O–H groups in total. The molecule has 1 saturated heterocycles. The number of carboxylic acids is 1. The number of nitrogens with zero attached hydrogens (tertiary/aromatic N) is 1. The van der Waals surface area contributed by atoms with Crippen LogP contribution in [0.25, 0.3) is 0 Å². The van der Waals surface area contributed by atoms with Gasteiger partial charge in [0.25, 0.3) is 5.91 Å². The minimum absolute atomic E-state index is 0.0461. The van der Waals surface area contributed by atoms with Gasteiger partial charge < -0.3 is 10.0 Å². The number of piperidine rings is 1. The number of benzene rings is 1. The zero-order valence-electron chi connectivity index (χ0n) is 12.3. The van der Waals surface area contributed by atoms with Crippen molar-refractivity contribution in [3.8, 4) is 0 Å². The lowest BCUT2D eigenvalue weighted by molar-refractivity contribution is -0.151. The summed E-state index contributed by atoms with van der Waals surface area (Å²) in [6.45, 7) is 4.56. The minimum atomic E-state index is -0.834. The molecule has 1 heterocycles. The van der Waals surface area contributed by atoms with Crippen molar-refractivity contribution < 1.29 is 14.7 Å². The summed E-state index contributed by atoms with van der Waals surface area (Å²) in [5.41, 5.74) is -0.354. The molecule has 4 nitrogen and oxygen atoms in total. The summed E-state index contributed by atoms with van der Waals surface area (Å²) in [5.74, 6) is -0.985. The van der Waals surface area contributed by atoms with E-state index in [1.807, 2.05) is 0 Å². The van der Waals surface area contributed by atoms with E-state index >= 15 is 0 Å². The summed E-state index contributed by atoms with van der Waals surface area (Å²) in [6.07, 6.45) is 1.64. The Morgan fingerprint density at radius 3 is 2.62 bits per heavy atom. The maximum Gasteiger partial charge on any atom is 0.309 e. The van der Waals surface area contributed by atoms with Gasteiger partial charge in [-0.2, -0.15) is 0 Å². The molecule has 1 fully saturated rings. The van der Waals surface area contributed by atoms with E-state index in [9.17, 15) is 14.7 Å². The van der Waals surface area contributed by atoms with Gasteiger partial charge in [0.15, 0.2) is 0 Å². The van der Waals surface area contributed by atoms with E-state index in [0.717, 1.165) is 12.8 Å². The highest BCUT2D eigenvalue weighted by atomic mass is 35.5. The van der Waals surface area contributed by atoms with Gasteiger partial charge in [0.1, 0.15) is 0 Å². The van der Waals surface area contributed by atoms with Crippen LogP contribution >= 0.6 is 11.6 Å². The third-order valence-electron chi connectivity index (χ3n) is 4.38. The number of rotatable bonds is 3. The summed E-state index contributed by atoms with van der Waals surface area (Å²) in [6, 6.07) is 6.96. The highest BCUT2D eigenvalue weighted by Gasteiger charge is 2.40. The Kier molecular flexibility index (Phi) is 4.57. The van der Waals surface area contributed by atoms with Crippen molar-refractivity contribution in [2.24, 2.45) is 11.3 Å². The molecule has 1 aliphatic heterocycles. The first-order chi connectivity index (χ1) is 9.84. The third-order valence-corrected chi connectivity index (χ3v) is 4.71. The lowest BCUT2D eigenvalue weighted by Crippen LogP contribution is -2.46. The van der Waals surface area contributed by atoms with Crippen molar-refractivity contribution in [3.63, 3.8) is 0 Å². The molecular weight excluding hydrogens is 290 g/mol. The molecule has 1 aromatic rings. The summed E-state index contributed by atoms with van der Waals surface area (Å²) < 4.78 is 0. The third kappa shape index (κ3) is 3.21. The maximum atomic E-state index is 12.6. The van der Waals surface area contributed by atoms with E-state index in [1.165, 1.54) is 0 Å². The SMILES string of the molecule is CC(C)(C(=O)O)C1CCCN(C(=O)c2ccccc2Cl)C1. The number of amides is 1. The van der Waals surface area contributed by atoms with Gasteiger partial charge in [-0.05, 0) is 44.7 Å². The second-order valence-electron chi connectivity index (χ2n) is 6.10. The number of halogens is 1. The van der Waals surface area contributed by atoms with Crippen molar-refractivity contribution in [2.45, 2.75) is 26.7 Å². The normalized spacial score (nSPS) is 19.4. The van der Waals surface area contributed by atoms with E-state index in [-0.39, 0.29) is 11.8 Å². The first-order valence-corrected chi connectivity index (χ1v) is 7.49. The molecular formula is C16H20ClNO3. The van der Waals surface area contributed by atoms with Crippen LogP contribution < -0.4 is 0 Å². The Labute approximate surface area is 129 Å². The van der Waals surface area contributed by atoms with Gasteiger partial charge in [-0.25, -0.2) is 0 Å². The molecule has 1 aromatic carbocycles. The van der Waals surface area contributed by atoms with Gasteiger partial charge in [0.2, 0.25) is 0 Å². The minimum Gasteiger partial charge on any atom is -0.481 e. The molecule has 0 radical (unpaired) electrons. The molecule has 114 valence electrons. The summed E-state index contributed by atoms with van der Waals surface area (Å²) in [4.78, 5) is 25.7. The number of likely N-dealkylation sites (tertiary alicyclic amines) is 1. The van der Waals surface area contributed by atoms with E-state index in [2.05, 4.69) is 0 Å². The van der Waals surface area contributed by atoms with Gasteiger partial charge in [-0.1, -0.05) is 23.7 Å². The Morgan fingerprint density at radius 2 is 2.00 bits per heavy atom. The largest absolute Gasteiger partial charge is 0.481 e. The fourth-order valence-corrected chi connectivity index (χ4v) is 2.95. The van der Waals surface area contributed by atoms with Gasteiger partial charge >= 0.3 is 5.97 Å². The lowest BCUT2D eigenvalue weighted by atomic mass is 9.74. The Morgan fingerprint density at radius 1 is 1.33 bits per heavy atom. The van der Waals surface area contributed by atoms with Crippen molar-refractivity contribution in [3.05, 3.63) is 34.9 Å². The highest BCUT2D eigenvalue weighted by molar-refractivity contribution is 6.33. The second-order valence-corrected chi connectivity index (χ2v) is 6.50. The van der Waals surface area contributed by atoms with Gasteiger partial charge in [-0.15, -0.1) is 0 Å². The Bertz CT molecular complexity index is 556. The van der Waals surface area contributed by atoms with E-state index in [0.29, 0.717) is 23.7 Å². The molecule has 0 aliphatic carbocycles. The molecule has 0 aromatic heterocycles. The van der Waals surface area contributed by atoms with E-state index in [4.69, 9.17) is 11.6 Å². The van der Waals surface area contributed by atoms with Crippen LogP contribution in [0.1, 0.15) is 37.0 Å². The fourth-order valence-electron chi connectivity index (χ4n) is 2.73. The molecule has 0 spiro atoms. The number of carbonyl (C=O) groups is 2. The summed E-state index contributed by atoms with van der Waals surface area (Å²) in [5, 5.41) is 9.79. The van der Waals surface area contributed by atoms with Crippen LogP contribution in [-0.2, 0) is 4.79 Å². The molecule has 0 bridgehead atoms. The quantitative estimate of drug-likeness (QED) is 0.932. The molecule has 1 unspecified atom stereocenters. The van der Waals surface area contributed by atoms with Crippen LogP contribution in [0.5, 0.6) is 0 Å². The highest BCUT2D eigenvalue weighted by Crippen LogP contribution is 2.34. The second kappa shape index (κ2) is 6.06. The number of carbonyl (C=O) groups excluding carboxylic acids is 1. The monoisotopic (exact) mass is 309 g/mol. The molecule has 0 saturated carbocycles. The van der Waals surface area contributed by atoms with Gasteiger partial charge in [-0.3, -0.25) is 9.59 Å². The zero-order chi connectivity index (χ0) is 15.6. The average Bonchev–Trinajstić information content (AvgIpc) is 2.47. The fraction of sp³-hybridized carbons (Fsp3) is 0.500. The molecule has 1 atom stereocenters. The molecule has 1 amide bonds. The smallest absolute Gasteiger partial charge is 0.309 e. The number of hydrogen-bond acceptors (Lipinski definition) is 2. The first kappa shape index (κ1) is 15.8. The standard InChI is InChI=1S/C16H20ClNO3/c1-16(2,15(20)21)11-6-5-9-18(10-11)14(19)12-7-3-4-8-13(12)17/h3-4,7-8,11H,5-6,9-10H2,1-2H3,(H,20,21). The number of carboxylic acid groups (broad SMARTS) is 1.